The van der Waals surface area contributed by atoms with Crippen LogP contribution in [0.3, 0.4) is 0 Å². The Hall–Kier alpha value is -2.20. The lowest BCUT2D eigenvalue weighted by Gasteiger charge is -2.09. The highest BCUT2D eigenvalue weighted by Crippen LogP contribution is 2.17. The Morgan fingerprint density at radius 3 is 2.79 bits per heavy atom. The molecule has 0 aliphatic rings. The van der Waals surface area contributed by atoms with Crippen molar-refractivity contribution < 1.29 is 19.1 Å². The third kappa shape index (κ3) is 5.78. The van der Waals surface area contributed by atoms with Crippen molar-refractivity contribution in [2.75, 3.05) is 18.5 Å². The second kappa shape index (κ2) is 9.18. The highest BCUT2D eigenvalue weighted by molar-refractivity contribution is 14.1. The summed E-state index contributed by atoms with van der Waals surface area (Å²) < 4.78 is 19.1. The van der Waals surface area contributed by atoms with E-state index in [-0.39, 0.29) is 5.82 Å². The number of carbonyl (C=O) groups is 1. The number of aromatic nitrogens is 1. The molecule has 3 N–H and O–H groups in total. The lowest BCUT2D eigenvalue weighted by Crippen LogP contribution is -2.15. The molecule has 1 heterocycles. The SMILES string of the molecule is O=C(/C=C/c1cnc(NCCOc2ccc(F)cc2)c(I)c1)NO. The molecular weight excluding hydrogens is 428 g/mol. The van der Waals surface area contributed by atoms with Crippen LogP contribution in [0.5, 0.6) is 5.75 Å². The molecule has 2 rings (SSSR count). The predicted octanol–water partition coefficient (Wildman–Crippen LogP) is 2.83. The summed E-state index contributed by atoms with van der Waals surface area (Å²) in [7, 11) is 0. The number of nitrogens with one attached hydrogen (secondary N) is 2. The van der Waals surface area contributed by atoms with Gasteiger partial charge < -0.3 is 10.1 Å². The summed E-state index contributed by atoms with van der Waals surface area (Å²) in [6.07, 6.45) is 4.35. The number of hydrogen-bond donors (Lipinski definition) is 3. The maximum absolute atomic E-state index is 12.8. The normalized spacial score (nSPS) is 10.6. The molecule has 8 heteroatoms. The minimum atomic E-state index is -0.606. The van der Waals surface area contributed by atoms with Crippen LogP contribution >= 0.6 is 22.6 Å². The van der Waals surface area contributed by atoms with Crippen LogP contribution in [0.4, 0.5) is 10.2 Å². The van der Waals surface area contributed by atoms with Crippen molar-refractivity contribution in [2.24, 2.45) is 0 Å². The fourth-order valence-corrected chi connectivity index (χ4v) is 2.44. The van der Waals surface area contributed by atoms with Gasteiger partial charge in [0.15, 0.2) is 0 Å². The average molecular weight is 443 g/mol. The van der Waals surface area contributed by atoms with Crippen molar-refractivity contribution in [1.82, 2.24) is 10.5 Å². The first-order valence-electron chi connectivity index (χ1n) is 6.98. The second-order valence-corrected chi connectivity index (χ2v) is 5.80. The van der Waals surface area contributed by atoms with E-state index in [0.717, 1.165) is 9.13 Å². The Balaban J connectivity index is 1.83. The summed E-state index contributed by atoms with van der Waals surface area (Å²) in [5, 5.41) is 11.6. The average Bonchev–Trinajstić information content (AvgIpc) is 2.59. The van der Waals surface area contributed by atoms with Crippen LogP contribution in [-0.4, -0.2) is 29.3 Å². The van der Waals surface area contributed by atoms with Gasteiger partial charge in [-0.2, -0.15) is 0 Å². The lowest BCUT2D eigenvalue weighted by molar-refractivity contribution is -0.124. The molecule has 0 saturated carbocycles. The number of rotatable bonds is 7. The first-order valence-corrected chi connectivity index (χ1v) is 8.06. The molecule has 2 aromatic rings. The van der Waals surface area contributed by atoms with E-state index >= 15 is 0 Å². The zero-order valence-electron chi connectivity index (χ0n) is 12.5. The van der Waals surface area contributed by atoms with E-state index in [1.807, 2.05) is 6.07 Å². The zero-order chi connectivity index (χ0) is 17.4. The largest absolute Gasteiger partial charge is 0.492 e. The molecule has 24 heavy (non-hydrogen) atoms. The fourth-order valence-electron chi connectivity index (χ4n) is 1.75. The number of hydroxylamine groups is 1. The number of ether oxygens (including phenoxy) is 1. The van der Waals surface area contributed by atoms with Crippen molar-refractivity contribution in [2.45, 2.75) is 0 Å². The van der Waals surface area contributed by atoms with Gasteiger partial charge in [-0.1, -0.05) is 0 Å². The van der Waals surface area contributed by atoms with Crippen molar-refractivity contribution in [3.05, 3.63) is 57.6 Å². The van der Waals surface area contributed by atoms with E-state index in [0.29, 0.717) is 24.7 Å². The van der Waals surface area contributed by atoms with Crippen LogP contribution in [0.15, 0.2) is 42.6 Å². The van der Waals surface area contributed by atoms with E-state index in [4.69, 9.17) is 9.94 Å². The van der Waals surface area contributed by atoms with Crippen molar-refractivity contribution in [1.29, 1.82) is 0 Å². The summed E-state index contributed by atoms with van der Waals surface area (Å²) in [5.41, 5.74) is 2.25. The lowest BCUT2D eigenvalue weighted by atomic mass is 10.2. The number of halogens is 2. The van der Waals surface area contributed by atoms with Crippen molar-refractivity contribution >= 4 is 40.4 Å². The van der Waals surface area contributed by atoms with Crippen LogP contribution in [0.25, 0.3) is 6.08 Å². The van der Waals surface area contributed by atoms with Gasteiger partial charge in [0.25, 0.3) is 5.91 Å². The van der Waals surface area contributed by atoms with E-state index in [1.165, 1.54) is 23.7 Å². The van der Waals surface area contributed by atoms with Crippen LogP contribution in [-0.2, 0) is 4.79 Å². The third-order valence-electron chi connectivity index (χ3n) is 2.88. The highest BCUT2D eigenvalue weighted by atomic mass is 127. The summed E-state index contributed by atoms with van der Waals surface area (Å²) >= 11 is 2.13. The van der Waals surface area contributed by atoms with E-state index in [1.54, 1.807) is 24.4 Å². The molecular formula is C16H15FIN3O3. The summed E-state index contributed by atoms with van der Waals surface area (Å²) in [6, 6.07) is 7.67. The molecule has 0 fully saturated rings. The van der Waals surface area contributed by atoms with Gasteiger partial charge in [-0.25, -0.2) is 14.9 Å². The Bertz CT molecular complexity index is 723. The topological polar surface area (TPSA) is 83.5 Å². The number of benzene rings is 1. The highest BCUT2D eigenvalue weighted by Gasteiger charge is 2.02. The van der Waals surface area contributed by atoms with E-state index < -0.39 is 5.91 Å². The van der Waals surface area contributed by atoms with Gasteiger partial charge in [0.1, 0.15) is 24.0 Å². The number of amides is 1. The summed E-state index contributed by atoms with van der Waals surface area (Å²) in [4.78, 5) is 15.2. The van der Waals surface area contributed by atoms with E-state index in [2.05, 4.69) is 32.9 Å². The maximum Gasteiger partial charge on any atom is 0.267 e. The summed E-state index contributed by atoms with van der Waals surface area (Å²) in [5.74, 6) is 0.389. The minimum absolute atomic E-state index is 0.301. The molecule has 1 aromatic heterocycles. The molecule has 0 radical (unpaired) electrons. The van der Waals surface area contributed by atoms with Gasteiger partial charge in [-0.05, 0) is 64.6 Å². The van der Waals surface area contributed by atoms with Crippen LogP contribution < -0.4 is 15.5 Å². The summed E-state index contributed by atoms with van der Waals surface area (Å²) in [6.45, 7) is 0.935. The number of carbonyl (C=O) groups excluding carboxylic acids is 1. The number of nitrogens with zero attached hydrogens (tertiary/aromatic N) is 1. The molecule has 0 spiro atoms. The number of hydrogen-bond acceptors (Lipinski definition) is 5. The minimum Gasteiger partial charge on any atom is -0.492 e. The molecule has 0 bridgehead atoms. The third-order valence-corrected chi connectivity index (χ3v) is 3.70. The predicted molar refractivity (Wildman–Crippen MR) is 96.3 cm³/mol. The Labute approximate surface area is 151 Å². The van der Waals surface area contributed by atoms with Gasteiger partial charge in [0, 0.05) is 12.3 Å². The quantitative estimate of drug-likeness (QED) is 0.202. The van der Waals surface area contributed by atoms with Crippen molar-refractivity contribution in [3.63, 3.8) is 0 Å². The Morgan fingerprint density at radius 1 is 1.38 bits per heavy atom. The Kier molecular flexibility index (Phi) is 6.94. The molecule has 0 saturated heterocycles. The van der Waals surface area contributed by atoms with Gasteiger partial charge >= 0.3 is 0 Å². The van der Waals surface area contributed by atoms with Gasteiger partial charge in [-0.3, -0.25) is 10.0 Å². The molecule has 0 unspecified atom stereocenters. The number of anilines is 1. The molecule has 0 aliphatic carbocycles. The zero-order valence-corrected chi connectivity index (χ0v) is 14.7. The molecule has 6 nitrogen and oxygen atoms in total. The first-order chi connectivity index (χ1) is 11.6. The van der Waals surface area contributed by atoms with Crippen LogP contribution in [0.2, 0.25) is 0 Å². The van der Waals surface area contributed by atoms with Crippen LogP contribution in [0, 0.1) is 9.39 Å². The number of pyridine rings is 1. The van der Waals surface area contributed by atoms with Gasteiger partial charge in [-0.15, -0.1) is 0 Å². The smallest absolute Gasteiger partial charge is 0.267 e. The molecule has 1 aromatic carbocycles. The second-order valence-electron chi connectivity index (χ2n) is 4.64. The standard InChI is InChI=1S/C16H15FIN3O3/c17-12-2-4-13(5-3-12)24-8-7-19-16-14(18)9-11(10-20-16)1-6-15(22)21-23/h1-6,9-10,23H,7-8H2,(H,19,20)(H,21,22)/b6-1+. The monoisotopic (exact) mass is 443 g/mol. The van der Waals surface area contributed by atoms with E-state index in [9.17, 15) is 9.18 Å². The molecule has 126 valence electrons. The Morgan fingerprint density at radius 2 is 2.12 bits per heavy atom. The molecule has 1 amide bonds. The molecule has 0 aliphatic heterocycles. The molecule has 0 atom stereocenters. The van der Waals surface area contributed by atoms with Gasteiger partial charge in [0.05, 0.1) is 10.1 Å². The fraction of sp³-hybridized carbons (Fsp3) is 0.125. The van der Waals surface area contributed by atoms with Crippen LogP contribution in [0.1, 0.15) is 5.56 Å². The van der Waals surface area contributed by atoms with Gasteiger partial charge in [0.2, 0.25) is 0 Å². The maximum atomic E-state index is 12.8. The first kappa shape index (κ1) is 18.1. The van der Waals surface area contributed by atoms with Crippen molar-refractivity contribution in [3.8, 4) is 5.75 Å².